The molecule has 1 aromatic carbocycles. The van der Waals surface area contributed by atoms with Gasteiger partial charge in [0.1, 0.15) is 0 Å². The molecule has 0 unspecified atom stereocenters. The average Bonchev–Trinajstić information content (AvgIpc) is 2.30. The third-order valence-corrected chi connectivity index (χ3v) is 3.18. The monoisotopic (exact) mass is 342 g/mol. The van der Waals surface area contributed by atoms with Gasteiger partial charge in [-0.25, -0.2) is 9.97 Å². The molecule has 0 aliphatic rings. The molecule has 0 aliphatic carbocycles. The van der Waals surface area contributed by atoms with Crippen molar-refractivity contribution >= 4 is 42.9 Å². The van der Waals surface area contributed by atoms with Crippen LogP contribution in [0.2, 0.25) is 0 Å². The highest BCUT2D eigenvalue weighted by molar-refractivity contribution is 9.09. The van der Waals surface area contributed by atoms with E-state index in [1.165, 1.54) is 0 Å². The minimum Gasteiger partial charge on any atom is -0.249 e. The van der Waals surface area contributed by atoms with Crippen molar-refractivity contribution in [3.63, 3.8) is 0 Å². The molecule has 0 radical (unpaired) electrons. The number of aromatic nitrogens is 2. The second kappa shape index (κ2) is 5.73. The van der Waals surface area contributed by atoms with Gasteiger partial charge in [-0.1, -0.05) is 44.0 Å². The fourth-order valence-electron chi connectivity index (χ4n) is 1.65. The number of halogens is 2. The van der Waals surface area contributed by atoms with Gasteiger partial charge in [0.15, 0.2) is 0 Å². The summed E-state index contributed by atoms with van der Waals surface area (Å²) in [5.41, 5.74) is 4.18. The molecule has 0 fully saturated rings. The molecule has 0 spiro atoms. The van der Waals surface area contributed by atoms with E-state index < -0.39 is 0 Å². The number of rotatable bonds is 4. The number of hydrogen-bond donors (Lipinski definition) is 0. The minimum absolute atomic E-state index is 0.926. The third kappa shape index (κ3) is 2.61. The van der Waals surface area contributed by atoms with Gasteiger partial charge in [-0.3, -0.25) is 0 Å². The predicted molar refractivity (Wildman–Crippen MR) is 74.5 cm³/mol. The highest BCUT2D eigenvalue weighted by Crippen LogP contribution is 2.15. The summed E-state index contributed by atoms with van der Waals surface area (Å²) in [4.78, 5) is 9.34. The molecule has 0 atom stereocenters. The molecule has 0 aliphatic heterocycles. The van der Waals surface area contributed by atoms with Gasteiger partial charge in [-0.15, -0.1) is 0 Å². The average molecular weight is 344 g/mol. The summed E-state index contributed by atoms with van der Waals surface area (Å²) in [7, 11) is 0. The van der Waals surface area contributed by atoms with E-state index in [1.807, 2.05) is 24.3 Å². The quantitative estimate of drug-likeness (QED) is 0.794. The van der Waals surface area contributed by atoms with Crippen LogP contribution in [0.1, 0.15) is 11.4 Å². The van der Waals surface area contributed by atoms with Crippen molar-refractivity contribution in [1.82, 2.24) is 9.97 Å². The van der Waals surface area contributed by atoms with Crippen molar-refractivity contribution in [3.05, 3.63) is 35.7 Å². The third-order valence-electron chi connectivity index (χ3n) is 2.39. The van der Waals surface area contributed by atoms with Crippen LogP contribution in [0.5, 0.6) is 0 Å². The zero-order chi connectivity index (χ0) is 11.4. The van der Waals surface area contributed by atoms with Crippen molar-refractivity contribution in [2.75, 3.05) is 10.7 Å². The molecule has 1 heterocycles. The first kappa shape index (κ1) is 12.0. The van der Waals surface area contributed by atoms with Crippen molar-refractivity contribution in [3.8, 4) is 0 Å². The van der Waals surface area contributed by atoms with E-state index in [4.69, 9.17) is 0 Å². The number of hydrogen-bond acceptors (Lipinski definition) is 2. The van der Waals surface area contributed by atoms with Crippen LogP contribution in [0, 0.1) is 0 Å². The Labute approximate surface area is 112 Å². The highest BCUT2D eigenvalue weighted by Gasteiger charge is 2.07. The zero-order valence-electron chi connectivity index (χ0n) is 8.79. The van der Waals surface area contributed by atoms with Gasteiger partial charge in [0.2, 0.25) is 0 Å². The van der Waals surface area contributed by atoms with E-state index in [0.29, 0.717) is 0 Å². The van der Waals surface area contributed by atoms with E-state index in [-0.39, 0.29) is 0 Å². The summed E-state index contributed by atoms with van der Waals surface area (Å²) in [5, 5.41) is 1.85. The second-order valence-corrected chi connectivity index (χ2v) is 5.07. The number of benzene rings is 1. The Kier molecular flexibility index (Phi) is 4.29. The highest BCUT2D eigenvalue weighted by atomic mass is 79.9. The number of nitrogens with zero attached hydrogens (tertiary/aromatic N) is 2. The molecule has 1 aromatic heterocycles. The Hall–Kier alpha value is -0.480. The normalized spacial score (nSPS) is 10.9. The van der Waals surface area contributed by atoms with Crippen LogP contribution in [0.4, 0.5) is 0 Å². The lowest BCUT2D eigenvalue weighted by Gasteiger charge is -2.07. The van der Waals surface area contributed by atoms with Crippen molar-refractivity contribution in [2.45, 2.75) is 12.8 Å². The first-order valence-electron chi connectivity index (χ1n) is 5.21. The van der Waals surface area contributed by atoms with Gasteiger partial charge in [0.25, 0.3) is 0 Å². The first-order chi connectivity index (χ1) is 7.85. The first-order valence-corrected chi connectivity index (χ1v) is 7.46. The second-order valence-electron chi connectivity index (χ2n) is 3.48. The summed E-state index contributed by atoms with van der Waals surface area (Å²) >= 11 is 6.91. The summed E-state index contributed by atoms with van der Waals surface area (Å²) in [5.74, 6) is 0. The molecule has 2 aromatic rings. The lowest BCUT2D eigenvalue weighted by Crippen LogP contribution is -2.04. The lowest BCUT2D eigenvalue weighted by molar-refractivity contribution is 0.946. The molecular formula is C12H12Br2N2. The summed E-state index contributed by atoms with van der Waals surface area (Å²) in [6, 6.07) is 8.02. The fourth-order valence-corrected chi connectivity index (χ4v) is 2.40. The van der Waals surface area contributed by atoms with Gasteiger partial charge in [-0.05, 0) is 12.1 Å². The van der Waals surface area contributed by atoms with Gasteiger partial charge < -0.3 is 0 Å². The van der Waals surface area contributed by atoms with Gasteiger partial charge in [0.05, 0.1) is 22.4 Å². The van der Waals surface area contributed by atoms with Crippen LogP contribution in [0.25, 0.3) is 11.0 Å². The molecule has 0 N–H and O–H groups in total. The predicted octanol–water partition coefficient (Wildman–Crippen LogP) is 3.50. The number of para-hydroxylation sites is 2. The van der Waals surface area contributed by atoms with Crippen LogP contribution in [0.15, 0.2) is 24.3 Å². The minimum atomic E-state index is 0.926. The number of fused-ring (bicyclic) bond motifs is 1. The van der Waals surface area contributed by atoms with Crippen molar-refractivity contribution < 1.29 is 0 Å². The number of alkyl halides is 2. The van der Waals surface area contributed by atoms with Gasteiger partial charge >= 0.3 is 0 Å². The maximum atomic E-state index is 4.67. The van der Waals surface area contributed by atoms with Crippen molar-refractivity contribution in [1.29, 1.82) is 0 Å². The van der Waals surface area contributed by atoms with E-state index in [0.717, 1.165) is 45.9 Å². The van der Waals surface area contributed by atoms with Gasteiger partial charge in [-0.2, -0.15) is 0 Å². The maximum Gasteiger partial charge on any atom is 0.0890 e. The smallest absolute Gasteiger partial charge is 0.0890 e. The molecule has 4 heteroatoms. The Bertz CT molecular complexity index is 441. The molecule has 2 rings (SSSR count). The van der Waals surface area contributed by atoms with E-state index in [9.17, 15) is 0 Å². The topological polar surface area (TPSA) is 25.8 Å². The standard InChI is InChI=1S/C12H12Br2N2/c13-7-5-11-12(6-8-14)16-10-4-2-1-3-9(10)15-11/h1-4H,5-8H2. The van der Waals surface area contributed by atoms with Crippen LogP contribution in [-0.2, 0) is 12.8 Å². The van der Waals surface area contributed by atoms with E-state index >= 15 is 0 Å². The summed E-state index contributed by atoms with van der Waals surface area (Å²) in [6.07, 6.45) is 1.86. The zero-order valence-corrected chi connectivity index (χ0v) is 12.0. The van der Waals surface area contributed by atoms with Crippen LogP contribution in [0.3, 0.4) is 0 Å². The lowest BCUT2D eigenvalue weighted by atomic mass is 10.2. The maximum absolute atomic E-state index is 4.67. The molecule has 84 valence electrons. The van der Waals surface area contributed by atoms with Crippen LogP contribution in [-0.4, -0.2) is 20.6 Å². The molecular weight excluding hydrogens is 332 g/mol. The Morgan fingerprint density at radius 1 is 0.812 bits per heavy atom. The number of aryl methyl sites for hydroxylation is 2. The SMILES string of the molecule is BrCCc1nc2ccccc2nc1CCBr. The van der Waals surface area contributed by atoms with Gasteiger partial charge in [0, 0.05) is 23.5 Å². The van der Waals surface area contributed by atoms with E-state index in [2.05, 4.69) is 41.8 Å². The Balaban J connectivity index is 2.51. The van der Waals surface area contributed by atoms with Crippen molar-refractivity contribution in [2.24, 2.45) is 0 Å². The van der Waals surface area contributed by atoms with Crippen LogP contribution < -0.4 is 0 Å². The molecule has 0 amide bonds. The molecule has 0 bridgehead atoms. The Morgan fingerprint density at radius 2 is 1.25 bits per heavy atom. The van der Waals surface area contributed by atoms with Crippen LogP contribution >= 0.6 is 31.9 Å². The van der Waals surface area contributed by atoms with E-state index in [1.54, 1.807) is 0 Å². The largest absolute Gasteiger partial charge is 0.249 e. The molecule has 0 saturated carbocycles. The summed E-state index contributed by atoms with van der Waals surface area (Å²) < 4.78 is 0. The molecule has 16 heavy (non-hydrogen) atoms. The fraction of sp³-hybridized carbons (Fsp3) is 0.333. The Morgan fingerprint density at radius 3 is 1.62 bits per heavy atom. The summed E-state index contributed by atoms with van der Waals surface area (Å²) in [6.45, 7) is 0. The molecule has 2 nitrogen and oxygen atoms in total. The molecule has 0 saturated heterocycles.